The molecule has 0 atom stereocenters. The number of aromatic nitrogens is 5. The van der Waals surface area contributed by atoms with Crippen LogP contribution in [0.15, 0.2) is 35.6 Å². The van der Waals surface area contributed by atoms with E-state index in [1.165, 1.54) is 17.2 Å². The zero-order valence-electron chi connectivity index (χ0n) is 14.4. The molecule has 25 heavy (non-hydrogen) atoms. The molecular formula is C17H20N6O2. The molecule has 3 heterocycles. The third-order valence-corrected chi connectivity index (χ3v) is 3.87. The molecular weight excluding hydrogens is 320 g/mol. The zero-order valence-corrected chi connectivity index (χ0v) is 14.4. The van der Waals surface area contributed by atoms with Crippen LogP contribution >= 0.6 is 0 Å². The molecule has 8 heteroatoms. The Morgan fingerprint density at radius 2 is 2.16 bits per heavy atom. The molecule has 1 N–H and O–H groups in total. The quantitative estimate of drug-likeness (QED) is 0.761. The lowest BCUT2D eigenvalue weighted by Gasteiger charge is -2.12. The van der Waals surface area contributed by atoms with Crippen molar-refractivity contribution in [2.75, 3.05) is 5.32 Å². The van der Waals surface area contributed by atoms with Crippen LogP contribution in [0.25, 0.3) is 5.52 Å². The topological polar surface area (TPSA) is 94.2 Å². The van der Waals surface area contributed by atoms with Crippen molar-refractivity contribution < 1.29 is 4.79 Å². The predicted octanol–water partition coefficient (Wildman–Crippen LogP) is 1.61. The number of hydrogen-bond donors (Lipinski definition) is 1. The van der Waals surface area contributed by atoms with Crippen LogP contribution in [-0.2, 0) is 17.8 Å². The number of carbonyl (C=O) groups excluding carboxylic acids is 1. The van der Waals surface area contributed by atoms with Gasteiger partial charge in [0, 0.05) is 18.3 Å². The number of hydrogen-bond acceptors (Lipinski definition) is 5. The highest BCUT2D eigenvalue weighted by Crippen LogP contribution is 2.15. The minimum absolute atomic E-state index is 0.108. The van der Waals surface area contributed by atoms with Gasteiger partial charge in [0.25, 0.3) is 5.56 Å². The van der Waals surface area contributed by atoms with Crippen LogP contribution in [0.4, 0.5) is 5.82 Å². The average molecular weight is 340 g/mol. The lowest BCUT2D eigenvalue weighted by Crippen LogP contribution is -2.32. The molecule has 0 aliphatic carbocycles. The summed E-state index contributed by atoms with van der Waals surface area (Å²) in [5.41, 5.74) is 1.30. The van der Waals surface area contributed by atoms with Crippen LogP contribution in [0.2, 0.25) is 0 Å². The normalized spacial score (nSPS) is 11.2. The largest absolute Gasteiger partial charge is 0.309 e. The van der Waals surface area contributed by atoms with E-state index in [9.17, 15) is 9.59 Å². The summed E-state index contributed by atoms with van der Waals surface area (Å²) in [6, 6.07) is 3.44. The van der Waals surface area contributed by atoms with E-state index in [2.05, 4.69) is 20.4 Å². The maximum absolute atomic E-state index is 12.7. The molecule has 0 spiro atoms. The van der Waals surface area contributed by atoms with Crippen molar-refractivity contribution in [3.8, 4) is 0 Å². The van der Waals surface area contributed by atoms with Crippen LogP contribution < -0.4 is 10.9 Å². The van der Waals surface area contributed by atoms with Crippen LogP contribution in [0.1, 0.15) is 38.1 Å². The molecule has 0 saturated heterocycles. The van der Waals surface area contributed by atoms with Crippen molar-refractivity contribution in [3.05, 3.63) is 52.6 Å². The fraction of sp³-hybridized carbons (Fsp3) is 0.353. The number of anilines is 1. The van der Waals surface area contributed by atoms with Gasteiger partial charge in [0.2, 0.25) is 5.91 Å². The molecule has 0 fully saturated rings. The number of nitrogens with one attached hydrogen (secondary N) is 1. The molecule has 0 aliphatic heterocycles. The first kappa shape index (κ1) is 16.8. The lowest BCUT2D eigenvalue weighted by molar-refractivity contribution is -0.117. The second kappa shape index (κ2) is 6.84. The highest BCUT2D eigenvalue weighted by Gasteiger charge is 2.16. The molecule has 3 aromatic rings. The smallest absolute Gasteiger partial charge is 0.291 e. The van der Waals surface area contributed by atoms with Crippen molar-refractivity contribution in [3.63, 3.8) is 0 Å². The lowest BCUT2D eigenvalue weighted by atomic mass is 10.2. The first-order valence-corrected chi connectivity index (χ1v) is 8.17. The molecule has 130 valence electrons. The third kappa shape index (κ3) is 3.42. The van der Waals surface area contributed by atoms with Crippen LogP contribution in [0.5, 0.6) is 0 Å². The number of amides is 1. The minimum Gasteiger partial charge on any atom is -0.309 e. The van der Waals surface area contributed by atoms with Crippen LogP contribution in [0, 0.1) is 0 Å². The van der Waals surface area contributed by atoms with E-state index in [0.717, 1.165) is 17.8 Å². The monoisotopic (exact) mass is 340 g/mol. The number of fused-ring (bicyclic) bond motifs is 1. The Labute approximate surface area is 144 Å². The summed E-state index contributed by atoms with van der Waals surface area (Å²) in [4.78, 5) is 32.7. The summed E-state index contributed by atoms with van der Waals surface area (Å²) >= 11 is 0. The van der Waals surface area contributed by atoms with Gasteiger partial charge in [-0.15, -0.1) is 0 Å². The van der Waals surface area contributed by atoms with E-state index < -0.39 is 0 Å². The summed E-state index contributed by atoms with van der Waals surface area (Å²) in [5.74, 6) is 0.865. The van der Waals surface area contributed by atoms with Crippen molar-refractivity contribution in [1.82, 2.24) is 24.1 Å². The second-order valence-electron chi connectivity index (χ2n) is 6.08. The Bertz CT molecular complexity index is 958. The van der Waals surface area contributed by atoms with Gasteiger partial charge in [0.1, 0.15) is 30.0 Å². The van der Waals surface area contributed by atoms with E-state index in [4.69, 9.17) is 0 Å². The molecule has 3 rings (SSSR count). The second-order valence-corrected chi connectivity index (χ2v) is 6.08. The van der Waals surface area contributed by atoms with Gasteiger partial charge in [0.05, 0.1) is 0 Å². The van der Waals surface area contributed by atoms with Crippen LogP contribution in [-0.4, -0.2) is 30.1 Å². The molecule has 8 nitrogen and oxygen atoms in total. The zero-order chi connectivity index (χ0) is 18.0. The maximum Gasteiger partial charge on any atom is 0.291 e. The summed E-state index contributed by atoms with van der Waals surface area (Å²) in [5, 5.41) is 7.04. The highest BCUT2D eigenvalue weighted by atomic mass is 16.2. The van der Waals surface area contributed by atoms with Crippen molar-refractivity contribution in [1.29, 1.82) is 0 Å². The maximum atomic E-state index is 12.7. The van der Waals surface area contributed by atoms with Gasteiger partial charge in [-0.3, -0.25) is 14.0 Å². The standard InChI is InChI=1S/C17H20N6O2/c1-4-12-7-13-17(25)23(21-16(11(2)3)22(13)8-12)9-15(24)20-14-5-6-18-10-19-14/h5-8,10-11H,4,9H2,1-3H3,(H,18,19,20,24). The van der Waals surface area contributed by atoms with Gasteiger partial charge in [0.15, 0.2) is 0 Å². The number of nitrogens with zero attached hydrogens (tertiary/aromatic N) is 5. The van der Waals surface area contributed by atoms with Gasteiger partial charge in [-0.25, -0.2) is 14.6 Å². The number of carbonyl (C=O) groups is 1. The van der Waals surface area contributed by atoms with Crippen molar-refractivity contribution >= 4 is 17.2 Å². The fourth-order valence-corrected chi connectivity index (χ4v) is 2.60. The van der Waals surface area contributed by atoms with Gasteiger partial charge in [-0.05, 0) is 24.1 Å². The molecule has 0 aromatic carbocycles. The van der Waals surface area contributed by atoms with E-state index in [1.807, 2.05) is 37.4 Å². The molecule has 1 amide bonds. The third-order valence-electron chi connectivity index (χ3n) is 3.87. The van der Waals surface area contributed by atoms with Gasteiger partial charge >= 0.3 is 0 Å². The Hall–Kier alpha value is -3.03. The van der Waals surface area contributed by atoms with E-state index in [1.54, 1.807) is 6.07 Å². The van der Waals surface area contributed by atoms with Crippen molar-refractivity contribution in [2.24, 2.45) is 0 Å². The van der Waals surface area contributed by atoms with Crippen LogP contribution in [0.3, 0.4) is 0 Å². The summed E-state index contributed by atoms with van der Waals surface area (Å²) in [6.45, 7) is 5.86. The Morgan fingerprint density at radius 3 is 2.80 bits per heavy atom. The Balaban J connectivity index is 1.97. The summed E-state index contributed by atoms with van der Waals surface area (Å²) in [7, 11) is 0. The Kier molecular flexibility index (Phi) is 4.60. The predicted molar refractivity (Wildman–Crippen MR) is 93.6 cm³/mol. The molecule has 3 aromatic heterocycles. The SMILES string of the molecule is CCc1cc2c(=O)n(CC(=O)Nc3ccncn3)nc(C(C)C)n2c1. The summed E-state index contributed by atoms with van der Waals surface area (Å²) < 4.78 is 3.03. The van der Waals surface area contributed by atoms with E-state index >= 15 is 0 Å². The molecule has 0 bridgehead atoms. The van der Waals surface area contributed by atoms with Gasteiger partial charge in [-0.2, -0.15) is 5.10 Å². The molecule has 0 saturated carbocycles. The van der Waals surface area contributed by atoms with E-state index in [-0.39, 0.29) is 23.9 Å². The van der Waals surface area contributed by atoms with Crippen molar-refractivity contribution in [2.45, 2.75) is 39.7 Å². The van der Waals surface area contributed by atoms with E-state index in [0.29, 0.717) is 11.3 Å². The molecule has 0 aliphatic rings. The fourth-order valence-electron chi connectivity index (χ4n) is 2.60. The van der Waals surface area contributed by atoms with Gasteiger partial charge < -0.3 is 5.32 Å². The molecule has 0 radical (unpaired) electrons. The number of rotatable bonds is 5. The molecule has 0 unspecified atom stereocenters. The highest BCUT2D eigenvalue weighted by molar-refractivity contribution is 5.89. The Morgan fingerprint density at radius 1 is 1.36 bits per heavy atom. The first-order chi connectivity index (χ1) is 12.0. The number of aryl methyl sites for hydroxylation is 1. The first-order valence-electron chi connectivity index (χ1n) is 8.17. The summed E-state index contributed by atoms with van der Waals surface area (Å²) in [6.07, 6.45) is 5.63. The van der Waals surface area contributed by atoms with Gasteiger partial charge in [-0.1, -0.05) is 20.8 Å². The minimum atomic E-state index is -0.366. The average Bonchev–Trinajstić information content (AvgIpc) is 3.02.